The Morgan fingerprint density at radius 3 is 2.68 bits per heavy atom. The quantitative estimate of drug-likeness (QED) is 0.757. The summed E-state index contributed by atoms with van der Waals surface area (Å²) in [6.45, 7) is 4.44. The predicted octanol–water partition coefficient (Wildman–Crippen LogP) is 3.26. The third-order valence-corrected chi connectivity index (χ3v) is 2.92. The average molecular weight is 264 g/mol. The van der Waals surface area contributed by atoms with Crippen molar-refractivity contribution in [3.8, 4) is 0 Å². The molecule has 1 aromatic carbocycles. The minimum absolute atomic E-state index is 0.0745. The number of carbonyl (C=O) groups excluding carboxylic acids is 1. The van der Waals surface area contributed by atoms with Gasteiger partial charge in [-0.2, -0.15) is 0 Å². The Labute approximate surface area is 115 Å². The van der Waals surface area contributed by atoms with Crippen LogP contribution < -0.4 is 10.6 Å². The van der Waals surface area contributed by atoms with Crippen molar-refractivity contribution in [2.75, 3.05) is 24.4 Å². The molecule has 19 heavy (non-hydrogen) atoms. The molecule has 0 aliphatic carbocycles. The molecular formula is C15H24N2O2. The van der Waals surface area contributed by atoms with Crippen LogP contribution in [0.2, 0.25) is 0 Å². The summed E-state index contributed by atoms with van der Waals surface area (Å²) in [6.07, 6.45) is 3.40. The second-order valence-corrected chi connectivity index (χ2v) is 4.60. The minimum Gasteiger partial charge on any atom is -0.382 e. The predicted molar refractivity (Wildman–Crippen MR) is 79.6 cm³/mol. The van der Waals surface area contributed by atoms with Crippen molar-refractivity contribution in [1.29, 1.82) is 0 Å². The molecule has 106 valence electrons. The molecule has 1 unspecified atom stereocenters. The lowest BCUT2D eigenvalue weighted by Gasteiger charge is -2.18. The zero-order valence-corrected chi connectivity index (χ0v) is 12.0. The molecule has 1 aromatic rings. The van der Waals surface area contributed by atoms with Crippen molar-refractivity contribution in [3.63, 3.8) is 0 Å². The summed E-state index contributed by atoms with van der Waals surface area (Å²) in [5.41, 5.74) is 1.83. The minimum atomic E-state index is -0.139. The number of anilines is 2. The Kier molecular flexibility index (Phi) is 6.97. The van der Waals surface area contributed by atoms with Gasteiger partial charge in [-0.15, -0.1) is 0 Å². The molecule has 0 radical (unpaired) electrons. The third-order valence-electron chi connectivity index (χ3n) is 2.92. The number of nitrogens with one attached hydrogen (secondary N) is 2. The number of methoxy groups -OCH3 is 1. The molecule has 0 spiro atoms. The molecule has 0 aliphatic rings. The first-order valence-corrected chi connectivity index (χ1v) is 6.85. The molecule has 1 atom stereocenters. The first-order chi connectivity index (χ1) is 9.19. The lowest BCUT2D eigenvalue weighted by atomic mass is 10.1. The zero-order chi connectivity index (χ0) is 14.1. The van der Waals surface area contributed by atoms with Crippen LogP contribution in [0, 0.1) is 0 Å². The molecule has 0 heterocycles. The smallest absolute Gasteiger partial charge is 0.250 e. The molecule has 2 N–H and O–H groups in total. The van der Waals surface area contributed by atoms with E-state index >= 15 is 0 Å². The highest BCUT2D eigenvalue weighted by Gasteiger charge is 2.06. The highest BCUT2D eigenvalue weighted by Crippen LogP contribution is 2.18. The molecule has 0 bridgehead atoms. The van der Waals surface area contributed by atoms with Gasteiger partial charge in [0.1, 0.15) is 6.61 Å². The summed E-state index contributed by atoms with van der Waals surface area (Å²) in [7, 11) is 1.51. The second kappa shape index (κ2) is 8.53. The third kappa shape index (κ3) is 5.75. The zero-order valence-electron chi connectivity index (χ0n) is 12.0. The molecule has 4 nitrogen and oxygen atoms in total. The van der Waals surface area contributed by atoms with Gasteiger partial charge in [0, 0.05) is 24.5 Å². The van der Waals surface area contributed by atoms with Gasteiger partial charge >= 0.3 is 0 Å². The van der Waals surface area contributed by atoms with Crippen LogP contribution in [0.1, 0.15) is 33.1 Å². The number of carbonyl (C=O) groups is 1. The van der Waals surface area contributed by atoms with Crippen LogP contribution in [0.25, 0.3) is 0 Å². The molecule has 4 heteroatoms. The fraction of sp³-hybridized carbons (Fsp3) is 0.533. The monoisotopic (exact) mass is 264 g/mol. The maximum absolute atomic E-state index is 11.4. The normalized spacial score (nSPS) is 11.9. The van der Waals surface area contributed by atoms with Gasteiger partial charge in [-0.1, -0.05) is 26.3 Å². The highest BCUT2D eigenvalue weighted by molar-refractivity contribution is 5.92. The topological polar surface area (TPSA) is 50.4 Å². The van der Waals surface area contributed by atoms with Crippen molar-refractivity contribution in [1.82, 2.24) is 0 Å². The summed E-state index contributed by atoms with van der Waals surface area (Å²) in [6, 6.07) is 8.26. The van der Waals surface area contributed by atoms with Gasteiger partial charge in [-0.05, 0) is 31.0 Å². The molecule has 0 saturated carbocycles. The van der Waals surface area contributed by atoms with Crippen LogP contribution in [0.15, 0.2) is 24.3 Å². The van der Waals surface area contributed by atoms with E-state index in [1.54, 1.807) is 0 Å². The van der Waals surface area contributed by atoms with Crippen molar-refractivity contribution < 1.29 is 9.53 Å². The second-order valence-electron chi connectivity index (χ2n) is 4.60. The molecule has 1 rings (SSSR count). The van der Waals surface area contributed by atoms with E-state index in [0.717, 1.165) is 30.6 Å². The van der Waals surface area contributed by atoms with Gasteiger partial charge in [0.25, 0.3) is 0 Å². The molecule has 0 fully saturated rings. The number of hydrogen-bond acceptors (Lipinski definition) is 3. The van der Waals surface area contributed by atoms with E-state index in [1.807, 2.05) is 24.3 Å². The summed E-state index contributed by atoms with van der Waals surface area (Å²) in [4.78, 5) is 11.4. The van der Waals surface area contributed by atoms with Gasteiger partial charge in [0.15, 0.2) is 0 Å². The summed E-state index contributed by atoms with van der Waals surface area (Å²) in [5.74, 6) is -0.139. The van der Waals surface area contributed by atoms with Gasteiger partial charge in [0.05, 0.1) is 0 Å². The van der Waals surface area contributed by atoms with Gasteiger partial charge in [0.2, 0.25) is 5.91 Å². The van der Waals surface area contributed by atoms with Crippen molar-refractivity contribution in [2.45, 2.75) is 39.2 Å². The summed E-state index contributed by atoms with van der Waals surface area (Å²) in [5, 5.41) is 6.30. The van der Waals surface area contributed by atoms with Crippen LogP contribution in [-0.4, -0.2) is 25.7 Å². The van der Waals surface area contributed by atoms with E-state index in [0.29, 0.717) is 6.04 Å². The van der Waals surface area contributed by atoms with Gasteiger partial charge in [-0.3, -0.25) is 4.79 Å². The lowest BCUT2D eigenvalue weighted by Crippen LogP contribution is -2.19. The summed E-state index contributed by atoms with van der Waals surface area (Å²) < 4.78 is 4.79. The fourth-order valence-corrected chi connectivity index (χ4v) is 1.98. The maximum Gasteiger partial charge on any atom is 0.250 e. The molecule has 0 aliphatic heterocycles. The molecule has 1 amide bonds. The first-order valence-electron chi connectivity index (χ1n) is 6.85. The van der Waals surface area contributed by atoms with Crippen LogP contribution >= 0.6 is 0 Å². The number of ether oxygens (including phenoxy) is 1. The average Bonchev–Trinajstić information content (AvgIpc) is 2.39. The van der Waals surface area contributed by atoms with Crippen LogP contribution in [0.4, 0.5) is 11.4 Å². The Morgan fingerprint density at radius 2 is 2.05 bits per heavy atom. The fourth-order valence-electron chi connectivity index (χ4n) is 1.98. The Bertz CT molecular complexity index is 393. The number of rotatable bonds is 8. The van der Waals surface area contributed by atoms with Gasteiger partial charge < -0.3 is 15.4 Å². The van der Waals surface area contributed by atoms with Crippen LogP contribution in [0.3, 0.4) is 0 Å². The lowest BCUT2D eigenvalue weighted by molar-refractivity contribution is -0.119. The molecule has 0 aromatic heterocycles. The Morgan fingerprint density at radius 1 is 1.32 bits per heavy atom. The van der Waals surface area contributed by atoms with E-state index in [-0.39, 0.29) is 12.5 Å². The number of amides is 1. The standard InChI is InChI=1S/C15H24N2O2/c1-4-7-12(5-2)16-13-8-6-9-14(10-13)17-15(18)11-19-3/h6,8-10,12,16H,4-5,7,11H2,1-3H3,(H,17,18). The molecular weight excluding hydrogens is 240 g/mol. The van der Waals surface area contributed by atoms with Crippen LogP contribution in [-0.2, 0) is 9.53 Å². The Hall–Kier alpha value is -1.55. The summed E-state index contributed by atoms with van der Waals surface area (Å²) >= 11 is 0. The number of benzene rings is 1. The van der Waals surface area contributed by atoms with E-state index in [2.05, 4.69) is 24.5 Å². The van der Waals surface area contributed by atoms with Crippen molar-refractivity contribution >= 4 is 17.3 Å². The largest absolute Gasteiger partial charge is 0.382 e. The van der Waals surface area contributed by atoms with E-state index in [9.17, 15) is 4.79 Å². The maximum atomic E-state index is 11.4. The van der Waals surface area contributed by atoms with E-state index in [1.165, 1.54) is 7.11 Å². The number of hydrogen-bond donors (Lipinski definition) is 2. The SMILES string of the molecule is CCCC(CC)Nc1cccc(NC(=O)COC)c1. The van der Waals surface area contributed by atoms with E-state index < -0.39 is 0 Å². The van der Waals surface area contributed by atoms with Crippen molar-refractivity contribution in [3.05, 3.63) is 24.3 Å². The van der Waals surface area contributed by atoms with Crippen LogP contribution in [0.5, 0.6) is 0 Å². The Balaban J connectivity index is 2.63. The van der Waals surface area contributed by atoms with Gasteiger partial charge in [-0.25, -0.2) is 0 Å². The molecule has 0 saturated heterocycles. The van der Waals surface area contributed by atoms with E-state index in [4.69, 9.17) is 4.74 Å². The first kappa shape index (κ1) is 15.5. The highest BCUT2D eigenvalue weighted by atomic mass is 16.5. The van der Waals surface area contributed by atoms with Crippen molar-refractivity contribution in [2.24, 2.45) is 0 Å².